The topological polar surface area (TPSA) is 113 Å². The molecule has 1 heterocycles. The summed E-state index contributed by atoms with van der Waals surface area (Å²) in [6, 6.07) is 30.5. The predicted molar refractivity (Wildman–Crippen MR) is 158 cm³/mol. The Morgan fingerprint density at radius 3 is 2.08 bits per heavy atom. The molecule has 6 rings (SSSR count). The first-order chi connectivity index (χ1) is 17.5. The van der Waals surface area contributed by atoms with E-state index in [4.69, 9.17) is 24.0 Å². The lowest BCUT2D eigenvalue weighted by Crippen LogP contribution is -1.88. The van der Waals surface area contributed by atoms with Crippen LogP contribution in [0.5, 0.6) is 5.75 Å². The lowest BCUT2D eigenvalue weighted by molar-refractivity contribution is 0.399. The fourth-order valence-corrected chi connectivity index (χ4v) is 5.15. The van der Waals surface area contributed by atoms with Crippen LogP contribution in [0.4, 0.5) is 5.69 Å². The number of methoxy groups -OCH3 is 1. The number of rotatable bonds is 1. The number of nitrogen functional groups attached to an aromatic ring is 1. The van der Waals surface area contributed by atoms with Gasteiger partial charge in [0, 0.05) is 42.4 Å². The molecular weight excluding hydrogens is 485 g/mol. The molecule has 194 valence electrons. The first-order valence-electron chi connectivity index (χ1n) is 11.5. The second-order valence-electron chi connectivity index (χ2n) is 8.19. The third kappa shape index (κ3) is 5.73. The summed E-state index contributed by atoms with van der Waals surface area (Å²) >= 11 is 0. The molecule has 5 aromatic carbocycles. The van der Waals surface area contributed by atoms with E-state index in [9.17, 15) is 0 Å². The van der Waals surface area contributed by atoms with Gasteiger partial charge in [0.2, 0.25) is 8.01 Å². The Labute approximate surface area is 218 Å². The van der Waals surface area contributed by atoms with Crippen LogP contribution in [0.15, 0.2) is 99.4 Å². The average molecular weight is 520 g/mol. The number of nitrogens with two attached hydrogens (primary N) is 1. The van der Waals surface area contributed by atoms with E-state index in [1.54, 1.807) is 7.11 Å². The molecule has 1 atom stereocenters. The molecule has 6 aromatic rings. The lowest BCUT2D eigenvalue weighted by atomic mass is 9.99. The molecule has 0 amide bonds. The van der Waals surface area contributed by atoms with Gasteiger partial charge < -0.3 is 29.4 Å². The van der Waals surface area contributed by atoms with Crippen LogP contribution in [0.25, 0.3) is 43.5 Å². The third-order valence-electron chi connectivity index (χ3n) is 5.89. The minimum absolute atomic E-state index is 0. The molecule has 1 unspecified atom stereocenters. The first kappa shape index (κ1) is 27.6. The highest BCUT2D eigenvalue weighted by Crippen LogP contribution is 2.40. The number of hydrogen-bond acceptors (Lipinski definition) is 5. The Morgan fingerprint density at radius 1 is 0.784 bits per heavy atom. The van der Waals surface area contributed by atoms with E-state index in [0.717, 1.165) is 56.6 Å². The van der Waals surface area contributed by atoms with Gasteiger partial charge in [0.25, 0.3) is 0 Å². The van der Waals surface area contributed by atoms with Crippen molar-refractivity contribution in [3.63, 3.8) is 0 Å². The van der Waals surface area contributed by atoms with Gasteiger partial charge in [-0.15, -0.1) is 0 Å². The number of aliphatic hydroxyl groups excluding tert-OH is 1. The summed E-state index contributed by atoms with van der Waals surface area (Å²) < 4.78 is 17.4. The zero-order valence-corrected chi connectivity index (χ0v) is 22.3. The van der Waals surface area contributed by atoms with Gasteiger partial charge in [-0.25, -0.2) is 0 Å². The van der Waals surface area contributed by atoms with Crippen LogP contribution in [0, 0.1) is 6.92 Å². The maximum Gasteiger partial charge on any atom is 0.213 e. The van der Waals surface area contributed by atoms with E-state index in [1.807, 2.05) is 73.4 Å². The highest BCUT2D eigenvalue weighted by Gasteiger charge is 2.12. The van der Waals surface area contributed by atoms with Gasteiger partial charge >= 0.3 is 0 Å². The molecule has 0 saturated heterocycles. The van der Waals surface area contributed by atoms with Crippen molar-refractivity contribution in [3.05, 3.63) is 96.6 Å². The van der Waals surface area contributed by atoms with E-state index in [2.05, 4.69) is 31.2 Å². The Kier molecular flexibility index (Phi) is 9.20. The van der Waals surface area contributed by atoms with Crippen LogP contribution in [-0.4, -0.2) is 24.8 Å². The van der Waals surface area contributed by atoms with Crippen LogP contribution in [0.3, 0.4) is 0 Å². The predicted octanol–water partition coefficient (Wildman–Crippen LogP) is 7.75. The maximum absolute atomic E-state index is 7.00. The summed E-state index contributed by atoms with van der Waals surface area (Å²) in [4.78, 5) is 0. The van der Waals surface area contributed by atoms with Crippen molar-refractivity contribution in [3.8, 4) is 5.75 Å². The van der Waals surface area contributed by atoms with E-state index in [-0.39, 0.29) is 6.90 Å². The summed E-state index contributed by atoms with van der Waals surface area (Å²) in [7, 11) is 1.60. The standard InChI is InChI=1S/C21H16NO2P.C8H10O.CH4O.H2O.H2/c1-25-23-19-11-10-13-6-2-3-7-14(13)20(19)17-12-18(22)15-8-4-5-9-16(15)21(17)24-25;1-7-3-5-8(9-2)6-4-7;1-2;;/h2-12H,22H2,1H3;3-6H,1-2H3;2H,1H3;1H2;1H. The number of aryl methyl sites for hydroxylation is 2. The quantitative estimate of drug-likeness (QED) is 0.216. The largest absolute Gasteiger partial charge is 0.497 e. The Balaban J connectivity index is 0.000000334. The molecule has 0 spiro atoms. The normalized spacial score (nSPS) is 10.7. The van der Waals surface area contributed by atoms with Gasteiger partial charge in [0.15, 0.2) is 0 Å². The van der Waals surface area contributed by atoms with Crippen LogP contribution in [0.1, 0.15) is 6.99 Å². The Hall–Kier alpha value is -3.96. The molecule has 7 heteroatoms. The Bertz CT molecular complexity index is 1680. The van der Waals surface area contributed by atoms with Gasteiger partial charge in [-0.1, -0.05) is 72.3 Å². The summed E-state index contributed by atoms with van der Waals surface area (Å²) in [6.07, 6.45) is 0. The number of ether oxygens (including phenoxy) is 1. The van der Waals surface area contributed by atoms with Crippen molar-refractivity contribution in [1.29, 1.82) is 0 Å². The molecule has 0 saturated carbocycles. The van der Waals surface area contributed by atoms with Gasteiger partial charge in [-0.2, -0.15) is 0 Å². The van der Waals surface area contributed by atoms with Crippen LogP contribution in [-0.2, 0) is 6.66 Å². The third-order valence-corrected chi connectivity index (χ3v) is 6.78. The lowest BCUT2D eigenvalue weighted by Gasteiger charge is -2.06. The van der Waals surface area contributed by atoms with Crippen molar-refractivity contribution in [2.75, 3.05) is 20.0 Å². The van der Waals surface area contributed by atoms with Gasteiger partial charge in [-0.3, -0.25) is 0 Å². The summed E-state index contributed by atoms with van der Waals surface area (Å²) in [5.74, 6) is 0.917. The molecule has 0 aliphatic heterocycles. The highest BCUT2D eigenvalue weighted by atomic mass is 31.1. The minimum Gasteiger partial charge on any atom is -0.497 e. The molecule has 0 aliphatic rings. The van der Waals surface area contributed by atoms with E-state index in [0.29, 0.717) is 0 Å². The molecule has 0 radical (unpaired) electrons. The summed E-state index contributed by atoms with van der Waals surface area (Å²) in [6.45, 7) is 4.04. The number of hydrogen-bond donors (Lipinski definition) is 2. The number of aliphatic hydroxyl groups is 1. The monoisotopic (exact) mass is 519 g/mol. The summed E-state index contributed by atoms with van der Waals surface area (Å²) in [5.41, 5.74) is 10.1. The van der Waals surface area contributed by atoms with E-state index >= 15 is 0 Å². The molecule has 37 heavy (non-hydrogen) atoms. The van der Waals surface area contributed by atoms with Gasteiger partial charge in [-0.05, 0) is 42.0 Å². The first-order valence-corrected chi connectivity index (χ1v) is 13.2. The number of benzene rings is 5. The van der Waals surface area contributed by atoms with Crippen molar-refractivity contribution in [2.45, 2.75) is 6.92 Å². The molecule has 0 aliphatic carbocycles. The van der Waals surface area contributed by atoms with Gasteiger partial charge in [0.1, 0.15) is 16.9 Å². The molecule has 1 aromatic heterocycles. The van der Waals surface area contributed by atoms with Crippen molar-refractivity contribution in [2.24, 2.45) is 6.66 Å². The molecule has 0 fully saturated rings. The average Bonchev–Trinajstić information content (AvgIpc) is 3.06. The molecular formula is C30H34NO5P. The van der Waals surface area contributed by atoms with Crippen molar-refractivity contribution in [1.82, 2.24) is 0 Å². The maximum atomic E-state index is 7.00. The molecule has 0 bridgehead atoms. The fraction of sp³-hybridized carbons (Fsp3) is 0.133. The van der Waals surface area contributed by atoms with Crippen molar-refractivity contribution < 1.29 is 25.1 Å². The SMILES string of the molecule is CO.COc1ccc(C)cc1.Cp1oc2ccc3ccccc3c2c2cc(N)c3ccccc3c2o1.O.[HH]. The second kappa shape index (κ2) is 12.3. The molecule has 5 N–H and O–H groups in total. The minimum atomic E-state index is -1.07. The zero-order chi connectivity index (χ0) is 25.7. The smallest absolute Gasteiger partial charge is 0.213 e. The number of fused-ring (bicyclic) bond motifs is 7. The Morgan fingerprint density at radius 2 is 1.41 bits per heavy atom. The van der Waals surface area contributed by atoms with E-state index < -0.39 is 8.01 Å². The summed E-state index contributed by atoms with van der Waals surface area (Å²) in [5, 5.41) is 13.4. The van der Waals surface area contributed by atoms with Crippen LogP contribution in [0.2, 0.25) is 0 Å². The zero-order valence-electron chi connectivity index (χ0n) is 21.4. The van der Waals surface area contributed by atoms with Crippen LogP contribution < -0.4 is 10.5 Å². The van der Waals surface area contributed by atoms with Crippen LogP contribution >= 0.6 is 8.01 Å². The van der Waals surface area contributed by atoms with E-state index in [1.165, 1.54) is 10.9 Å². The highest BCUT2D eigenvalue weighted by molar-refractivity contribution is 7.35. The second-order valence-corrected chi connectivity index (χ2v) is 9.43. The van der Waals surface area contributed by atoms with Crippen molar-refractivity contribution >= 4 is 57.2 Å². The fourth-order valence-electron chi connectivity index (χ4n) is 4.23. The molecule has 6 nitrogen and oxygen atoms in total. The van der Waals surface area contributed by atoms with Gasteiger partial charge in [0.05, 0.1) is 7.11 Å². The number of anilines is 1.